The molecule has 1 fully saturated rings. The third-order valence-corrected chi connectivity index (χ3v) is 3.44. The van der Waals surface area contributed by atoms with E-state index in [1.165, 1.54) is 19.3 Å². The summed E-state index contributed by atoms with van der Waals surface area (Å²) in [6.07, 6.45) is 7.52. The van der Waals surface area contributed by atoms with Gasteiger partial charge < -0.3 is 10.3 Å². The summed E-state index contributed by atoms with van der Waals surface area (Å²) in [5, 5.41) is 3.45. The first-order chi connectivity index (χ1) is 6.75. The number of hydrogen-bond acceptors (Lipinski definition) is 2. The zero-order chi connectivity index (χ0) is 9.97. The molecule has 1 heterocycles. The van der Waals surface area contributed by atoms with Gasteiger partial charge in [-0.2, -0.15) is 0 Å². The number of nitrogens with zero attached hydrogens (tertiary/aromatic N) is 1. The maximum absolute atomic E-state index is 4.19. The Hall–Kier alpha value is -0.990. The van der Waals surface area contributed by atoms with Crippen molar-refractivity contribution in [2.75, 3.05) is 5.32 Å². The van der Waals surface area contributed by atoms with Gasteiger partial charge in [0.05, 0.1) is 0 Å². The van der Waals surface area contributed by atoms with Gasteiger partial charge in [-0.25, -0.2) is 4.98 Å². The van der Waals surface area contributed by atoms with Crippen molar-refractivity contribution in [1.82, 2.24) is 9.97 Å². The summed E-state index contributed by atoms with van der Waals surface area (Å²) in [6, 6.07) is 0.604. The fourth-order valence-corrected chi connectivity index (χ4v) is 2.22. The Balaban J connectivity index is 1.88. The van der Waals surface area contributed by atoms with Crippen LogP contribution in [0.1, 0.15) is 33.1 Å². The quantitative estimate of drug-likeness (QED) is 0.758. The van der Waals surface area contributed by atoms with E-state index in [1.54, 1.807) is 6.20 Å². The number of nitrogens with one attached hydrogen (secondary N) is 2. The molecule has 0 saturated heterocycles. The van der Waals surface area contributed by atoms with Crippen LogP contribution >= 0.6 is 0 Å². The van der Waals surface area contributed by atoms with E-state index in [4.69, 9.17) is 0 Å². The molecule has 3 nitrogen and oxygen atoms in total. The Morgan fingerprint density at radius 2 is 2.21 bits per heavy atom. The Bertz CT molecular complexity index is 268. The van der Waals surface area contributed by atoms with Crippen molar-refractivity contribution >= 4 is 5.95 Å². The molecule has 3 unspecified atom stereocenters. The Morgan fingerprint density at radius 3 is 2.86 bits per heavy atom. The second kappa shape index (κ2) is 4.03. The largest absolute Gasteiger partial charge is 0.353 e. The van der Waals surface area contributed by atoms with E-state index < -0.39 is 0 Å². The smallest absolute Gasteiger partial charge is 0.200 e. The summed E-state index contributed by atoms with van der Waals surface area (Å²) in [5.41, 5.74) is 0. The fourth-order valence-electron chi connectivity index (χ4n) is 2.22. The number of rotatable bonds is 2. The molecule has 0 aliphatic heterocycles. The van der Waals surface area contributed by atoms with Gasteiger partial charge in [-0.15, -0.1) is 0 Å². The van der Waals surface area contributed by atoms with Crippen LogP contribution in [0.15, 0.2) is 12.4 Å². The van der Waals surface area contributed by atoms with Gasteiger partial charge in [0.1, 0.15) is 0 Å². The van der Waals surface area contributed by atoms with E-state index in [1.807, 2.05) is 6.20 Å². The fraction of sp³-hybridized carbons (Fsp3) is 0.727. The lowest BCUT2D eigenvalue weighted by Gasteiger charge is -2.32. The zero-order valence-electron chi connectivity index (χ0n) is 8.96. The molecule has 2 rings (SSSR count). The van der Waals surface area contributed by atoms with Crippen LogP contribution in [0, 0.1) is 11.8 Å². The Kier molecular flexibility index (Phi) is 2.75. The molecule has 0 radical (unpaired) electrons. The molecule has 0 aromatic carbocycles. The minimum absolute atomic E-state index is 0.604. The van der Waals surface area contributed by atoms with Gasteiger partial charge in [0.15, 0.2) is 5.95 Å². The lowest BCUT2D eigenvalue weighted by molar-refractivity contribution is 0.260. The molecule has 1 aromatic heterocycles. The molecule has 1 saturated carbocycles. The Labute approximate surface area is 85.3 Å². The minimum atomic E-state index is 0.604. The molecule has 2 N–H and O–H groups in total. The standard InChI is InChI=1S/C11H19N3/c1-8-3-4-10(7-9(8)2)14-11-12-5-6-13-11/h5-6,8-10H,3-4,7H2,1-2H3,(H2,12,13,14). The first kappa shape index (κ1) is 9.56. The van der Waals surface area contributed by atoms with Crippen molar-refractivity contribution in [2.45, 2.75) is 39.2 Å². The van der Waals surface area contributed by atoms with Crippen LogP contribution in [-0.2, 0) is 0 Å². The van der Waals surface area contributed by atoms with E-state index in [0.717, 1.165) is 17.8 Å². The summed E-state index contributed by atoms with van der Waals surface area (Å²) in [5.74, 6) is 2.62. The highest BCUT2D eigenvalue weighted by Crippen LogP contribution is 2.30. The molecule has 78 valence electrons. The van der Waals surface area contributed by atoms with E-state index in [0.29, 0.717) is 6.04 Å². The molecule has 1 aromatic rings. The molecule has 3 atom stereocenters. The van der Waals surface area contributed by atoms with Gasteiger partial charge in [0.2, 0.25) is 0 Å². The first-order valence-corrected chi connectivity index (χ1v) is 5.51. The van der Waals surface area contributed by atoms with Crippen molar-refractivity contribution < 1.29 is 0 Å². The van der Waals surface area contributed by atoms with Crippen molar-refractivity contribution in [3.05, 3.63) is 12.4 Å². The highest BCUT2D eigenvalue weighted by Gasteiger charge is 2.24. The third-order valence-electron chi connectivity index (χ3n) is 3.44. The van der Waals surface area contributed by atoms with Crippen LogP contribution in [0.2, 0.25) is 0 Å². The number of imidazole rings is 1. The summed E-state index contributed by atoms with van der Waals surface area (Å²) >= 11 is 0. The van der Waals surface area contributed by atoms with Gasteiger partial charge in [0, 0.05) is 18.4 Å². The Morgan fingerprint density at radius 1 is 1.36 bits per heavy atom. The molecule has 0 amide bonds. The van der Waals surface area contributed by atoms with E-state index in [9.17, 15) is 0 Å². The van der Waals surface area contributed by atoms with Crippen LogP contribution in [-0.4, -0.2) is 16.0 Å². The molecule has 0 spiro atoms. The molecule has 14 heavy (non-hydrogen) atoms. The van der Waals surface area contributed by atoms with Crippen molar-refractivity contribution in [1.29, 1.82) is 0 Å². The number of H-pyrrole nitrogens is 1. The van der Waals surface area contributed by atoms with Crippen LogP contribution in [0.3, 0.4) is 0 Å². The topological polar surface area (TPSA) is 40.7 Å². The predicted octanol–water partition coefficient (Wildman–Crippen LogP) is 2.65. The molecular weight excluding hydrogens is 174 g/mol. The SMILES string of the molecule is CC1CCC(Nc2ncc[nH]2)CC1C. The van der Waals surface area contributed by atoms with Gasteiger partial charge in [-0.1, -0.05) is 13.8 Å². The number of anilines is 1. The van der Waals surface area contributed by atoms with Gasteiger partial charge in [-0.3, -0.25) is 0 Å². The highest BCUT2D eigenvalue weighted by atomic mass is 15.1. The first-order valence-electron chi connectivity index (χ1n) is 5.51. The van der Waals surface area contributed by atoms with E-state index >= 15 is 0 Å². The lowest BCUT2D eigenvalue weighted by atomic mass is 9.79. The van der Waals surface area contributed by atoms with E-state index in [-0.39, 0.29) is 0 Å². The van der Waals surface area contributed by atoms with E-state index in [2.05, 4.69) is 29.1 Å². The van der Waals surface area contributed by atoms with Gasteiger partial charge in [0.25, 0.3) is 0 Å². The molecule has 1 aliphatic carbocycles. The summed E-state index contributed by atoms with van der Waals surface area (Å²) in [6.45, 7) is 4.70. The van der Waals surface area contributed by atoms with Gasteiger partial charge >= 0.3 is 0 Å². The maximum Gasteiger partial charge on any atom is 0.200 e. The average Bonchev–Trinajstić information content (AvgIpc) is 2.64. The minimum Gasteiger partial charge on any atom is -0.353 e. The second-order valence-electron chi connectivity index (χ2n) is 4.55. The summed E-state index contributed by atoms with van der Waals surface area (Å²) < 4.78 is 0. The lowest BCUT2D eigenvalue weighted by Crippen LogP contribution is -2.30. The van der Waals surface area contributed by atoms with Crippen molar-refractivity contribution in [3.63, 3.8) is 0 Å². The highest BCUT2D eigenvalue weighted by molar-refractivity contribution is 5.24. The third kappa shape index (κ3) is 2.08. The number of aromatic nitrogens is 2. The van der Waals surface area contributed by atoms with Crippen LogP contribution in [0.5, 0.6) is 0 Å². The van der Waals surface area contributed by atoms with Gasteiger partial charge in [-0.05, 0) is 31.1 Å². The van der Waals surface area contributed by atoms with Crippen LogP contribution < -0.4 is 5.32 Å². The zero-order valence-corrected chi connectivity index (χ0v) is 8.96. The average molecular weight is 193 g/mol. The second-order valence-corrected chi connectivity index (χ2v) is 4.55. The number of aromatic amines is 1. The molecule has 1 aliphatic rings. The monoisotopic (exact) mass is 193 g/mol. The summed E-state index contributed by atoms with van der Waals surface area (Å²) in [4.78, 5) is 7.28. The number of hydrogen-bond donors (Lipinski definition) is 2. The van der Waals surface area contributed by atoms with Crippen LogP contribution in [0.4, 0.5) is 5.95 Å². The van der Waals surface area contributed by atoms with Crippen molar-refractivity contribution in [3.8, 4) is 0 Å². The van der Waals surface area contributed by atoms with Crippen molar-refractivity contribution in [2.24, 2.45) is 11.8 Å². The normalized spacial score (nSPS) is 32.9. The maximum atomic E-state index is 4.19. The summed E-state index contributed by atoms with van der Waals surface area (Å²) in [7, 11) is 0. The van der Waals surface area contributed by atoms with Crippen LogP contribution in [0.25, 0.3) is 0 Å². The molecular formula is C11H19N3. The predicted molar refractivity (Wildman–Crippen MR) is 58.2 cm³/mol. The molecule has 3 heteroatoms. The molecule has 0 bridgehead atoms.